The Morgan fingerprint density at radius 3 is 2.60 bits per heavy atom. The van der Waals surface area contributed by atoms with Crippen molar-refractivity contribution in [2.24, 2.45) is 0 Å². The molecule has 20 heavy (non-hydrogen) atoms. The molecule has 1 saturated heterocycles. The van der Waals surface area contributed by atoms with Gasteiger partial charge in [0.2, 0.25) is 0 Å². The zero-order valence-electron chi connectivity index (χ0n) is 12.5. The van der Waals surface area contributed by atoms with Gasteiger partial charge in [-0.15, -0.1) is 0 Å². The summed E-state index contributed by atoms with van der Waals surface area (Å²) in [6.45, 7) is 8.19. The molecule has 0 bridgehead atoms. The van der Waals surface area contributed by atoms with Gasteiger partial charge in [-0.25, -0.2) is 8.78 Å². The van der Waals surface area contributed by atoms with Crippen molar-refractivity contribution in [3.05, 3.63) is 35.4 Å². The summed E-state index contributed by atoms with van der Waals surface area (Å²) in [6.07, 6.45) is 2.37. The zero-order chi connectivity index (χ0) is 14.7. The van der Waals surface area contributed by atoms with Crippen molar-refractivity contribution in [1.29, 1.82) is 0 Å². The van der Waals surface area contributed by atoms with Gasteiger partial charge in [-0.3, -0.25) is 4.90 Å². The minimum absolute atomic E-state index is 0.0574. The Morgan fingerprint density at radius 1 is 1.30 bits per heavy atom. The normalized spacial score (nSPS) is 20.9. The third-order valence-corrected chi connectivity index (χ3v) is 4.17. The topological polar surface area (TPSA) is 15.3 Å². The van der Waals surface area contributed by atoms with Crippen LogP contribution in [0.25, 0.3) is 0 Å². The number of halogens is 2. The molecule has 112 valence electrons. The predicted octanol–water partition coefficient (Wildman–Crippen LogP) is 3.49. The lowest BCUT2D eigenvalue weighted by Crippen LogP contribution is -2.42. The van der Waals surface area contributed by atoms with Crippen LogP contribution in [0.2, 0.25) is 0 Å². The van der Waals surface area contributed by atoms with Gasteiger partial charge in [0.25, 0.3) is 0 Å². The van der Waals surface area contributed by atoms with Gasteiger partial charge in [0.1, 0.15) is 11.6 Å². The van der Waals surface area contributed by atoms with Crippen LogP contribution in [0.5, 0.6) is 0 Å². The second-order valence-corrected chi connectivity index (χ2v) is 5.93. The summed E-state index contributed by atoms with van der Waals surface area (Å²) in [5, 5.41) is 3.48. The molecule has 1 aromatic carbocycles. The fraction of sp³-hybridized carbons (Fsp3) is 0.625. The molecule has 1 aromatic rings. The van der Waals surface area contributed by atoms with Crippen molar-refractivity contribution in [3.63, 3.8) is 0 Å². The maximum atomic E-state index is 14.0. The third kappa shape index (κ3) is 3.55. The van der Waals surface area contributed by atoms with E-state index in [1.165, 1.54) is 18.9 Å². The second-order valence-electron chi connectivity index (χ2n) is 5.93. The van der Waals surface area contributed by atoms with E-state index >= 15 is 0 Å². The van der Waals surface area contributed by atoms with Crippen LogP contribution in [-0.2, 0) is 0 Å². The Hall–Kier alpha value is -1.00. The molecule has 0 spiro atoms. The van der Waals surface area contributed by atoms with E-state index in [1.807, 2.05) is 6.92 Å². The molecule has 4 heteroatoms. The van der Waals surface area contributed by atoms with Crippen LogP contribution in [0.15, 0.2) is 18.2 Å². The average molecular weight is 282 g/mol. The third-order valence-electron chi connectivity index (χ3n) is 4.17. The van der Waals surface area contributed by atoms with E-state index in [-0.39, 0.29) is 6.04 Å². The van der Waals surface area contributed by atoms with Crippen LogP contribution >= 0.6 is 0 Å². The second kappa shape index (κ2) is 6.64. The Bertz CT molecular complexity index is 442. The van der Waals surface area contributed by atoms with Gasteiger partial charge in [-0.1, -0.05) is 6.07 Å². The van der Waals surface area contributed by atoms with Crippen LogP contribution in [-0.4, -0.2) is 30.1 Å². The number of benzene rings is 1. The maximum absolute atomic E-state index is 14.0. The molecule has 0 amide bonds. The van der Waals surface area contributed by atoms with Gasteiger partial charge in [0.05, 0.1) is 0 Å². The van der Waals surface area contributed by atoms with Crippen LogP contribution < -0.4 is 5.32 Å². The number of hydrogen-bond acceptors (Lipinski definition) is 2. The Labute approximate surface area is 120 Å². The summed E-state index contributed by atoms with van der Waals surface area (Å²) in [5.41, 5.74) is 0.568. The summed E-state index contributed by atoms with van der Waals surface area (Å²) < 4.78 is 27.0. The van der Waals surface area contributed by atoms with Crippen LogP contribution in [0, 0.1) is 11.6 Å². The van der Waals surface area contributed by atoms with E-state index in [0.717, 1.165) is 19.2 Å². The Balaban J connectivity index is 2.14. The summed E-state index contributed by atoms with van der Waals surface area (Å²) in [5.74, 6) is -0.977. The van der Waals surface area contributed by atoms with Crippen molar-refractivity contribution in [2.75, 3.05) is 13.1 Å². The van der Waals surface area contributed by atoms with E-state index < -0.39 is 11.6 Å². The standard InChI is InChI=1S/C16H24F2N2/c1-11(2)20(10-14-5-4-8-19-14)12(3)15-7-6-13(17)9-16(15)18/h6-7,9,11-12,14,19H,4-5,8,10H2,1-3H3. The molecule has 0 radical (unpaired) electrons. The first-order chi connectivity index (χ1) is 9.49. The minimum Gasteiger partial charge on any atom is -0.313 e. The molecule has 1 fully saturated rings. The lowest BCUT2D eigenvalue weighted by Gasteiger charge is -2.35. The van der Waals surface area contributed by atoms with E-state index in [4.69, 9.17) is 0 Å². The first kappa shape index (κ1) is 15.4. The first-order valence-corrected chi connectivity index (χ1v) is 7.43. The maximum Gasteiger partial charge on any atom is 0.130 e. The summed E-state index contributed by atoms with van der Waals surface area (Å²) in [7, 11) is 0. The highest BCUT2D eigenvalue weighted by molar-refractivity contribution is 5.22. The molecule has 1 aliphatic rings. The van der Waals surface area contributed by atoms with Crippen molar-refractivity contribution in [3.8, 4) is 0 Å². The predicted molar refractivity (Wildman–Crippen MR) is 77.6 cm³/mol. The monoisotopic (exact) mass is 282 g/mol. The number of rotatable bonds is 5. The van der Waals surface area contributed by atoms with E-state index in [2.05, 4.69) is 24.1 Å². The lowest BCUT2D eigenvalue weighted by atomic mass is 10.0. The molecule has 1 N–H and O–H groups in total. The van der Waals surface area contributed by atoms with E-state index in [0.29, 0.717) is 17.6 Å². The van der Waals surface area contributed by atoms with Gasteiger partial charge >= 0.3 is 0 Å². The fourth-order valence-corrected chi connectivity index (χ4v) is 3.00. The molecule has 1 heterocycles. The van der Waals surface area contributed by atoms with Crippen molar-refractivity contribution >= 4 is 0 Å². The van der Waals surface area contributed by atoms with Gasteiger partial charge in [-0.2, -0.15) is 0 Å². The van der Waals surface area contributed by atoms with Crippen molar-refractivity contribution < 1.29 is 8.78 Å². The average Bonchev–Trinajstić information content (AvgIpc) is 2.87. The molecule has 2 atom stereocenters. The van der Waals surface area contributed by atoms with Crippen LogP contribution in [0.3, 0.4) is 0 Å². The van der Waals surface area contributed by atoms with Gasteiger partial charge in [-0.05, 0) is 46.2 Å². The Kier molecular flexibility index (Phi) is 5.11. The smallest absolute Gasteiger partial charge is 0.130 e. The first-order valence-electron chi connectivity index (χ1n) is 7.43. The minimum atomic E-state index is -0.521. The highest BCUT2D eigenvalue weighted by atomic mass is 19.1. The van der Waals surface area contributed by atoms with Gasteiger partial charge in [0, 0.05) is 36.3 Å². The van der Waals surface area contributed by atoms with E-state index in [1.54, 1.807) is 6.07 Å². The van der Waals surface area contributed by atoms with Gasteiger partial charge in [0.15, 0.2) is 0 Å². The molecule has 0 aliphatic carbocycles. The number of nitrogens with zero attached hydrogens (tertiary/aromatic N) is 1. The largest absolute Gasteiger partial charge is 0.313 e. The number of nitrogens with one attached hydrogen (secondary N) is 1. The molecule has 1 aliphatic heterocycles. The van der Waals surface area contributed by atoms with Crippen LogP contribution in [0.4, 0.5) is 8.78 Å². The van der Waals surface area contributed by atoms with Crippen molar-refractivity contribution in [2.45, 2.75) is 51.7 Å². The summed E-state index contributed by atoms with van der Waals surface area (Å²) in [4.78, 5) is 2.28. The molecule has 0 saturated carbocycles. The highest BCUT2D eigenvalue weighted by Gasteiger charge is 2.25. The number of hydrogen-bond donors (Lipinski definition) is 1. The lowest BCUT2D eigenvalue weighted by molar-refractivity contribution is 0.147. The van der Waals surface area contributed by atoms with Gasteiger partial charge < -0.3 is 5.32 Å². The van der Waals surface area contributed by atoms with Crippen LogP contribution in [0.1, 0.15) is 45.2 Å². The summed E-state index contributed by atoms with van der Waals surface area (Å²) >= 11 is 0. The molecule has 0 aromatic heterocycles. The Morgan fingerprint density at radius 2 is 2.05 bits per heavy atom. The quantitative estimate of drug-likeness (QED) is 0.889. The molecular formula is C16H24F2N2. The molecule has 2 rings (SSSR count). The molecular weight excluding hydrogens is 258 g/mol. The highest BCUT2D eigenvalue weighted by Crippen LogP contribution is 2.26. The molecule has 2 nitrogen and oxygen atoms in total. The fourth-order valence-electron chi connectivity index (χ4n) is 3.00. The SMILES string of the molecule is CC(C)N(CC1CCCN1)C(C)c1ccc(F)cc1F. The zero-order valence-corrected chi connectivity index (χ0v) is 12.5. The van der Waals surface area contributed by atoms with Crippen molar-refractivity contribution in [1.82, 2.24) is 10.2 Å². The van der Waals surface area contributed by atoms with E-state index in [9.17, 15) is 8.78 Å². The summed E-state index contributed by atoms with van der Waals surface area (Å²) in [6, 6.07) is 4.60. The molecule has 2 unspecified atom stereocenters.